The summed E-state index contributed by atoms with van der Waals surface area (Å²) in [5.74, 6) is 0. The number of aryl methyl sites for hydroxylation is 2. The Hall–Kier alpha value is -1.58. The van der Waals surface area contributed by atoms with E-state index in [0.717, 1.165) is 32.5 Å². The van der Waals surface area contributed by atoms with Gasteiger partial charge in [-0.2, -0.15) is 5.10 Å². The zero-order valence-corrected chi connectivity index (χ0v) is 14.1. The van der Waals surface area contributed by atoms with Gasteiger partial charge in [-0.3, -0.25) is 0 Å². The van der Waals surface area contributed by atoms with Crippen LogP contribution in [0.4, 0.5) is 0 Å². The van der Waals surface area contributed by atoms with Crippen LogP contribution in [0.5, 0.6) is 0 Å². The van der Waals surface area contributed by atoms with Crippen molar-refractivity contribution in [2.75, 3.05) is 0 Å². The third-order valence-electron chi connectivity index (χ3n) is 3.40. The maximum atomic E-state index is 6.39. The van der Waals surface area contributed by atoms with Crippen molar-refractivity contribution in [3.8, 4) is 16.9 Å². The lowest BCUT2D eigenvalue weighted by Gasteiger charge is -2.11. The molecule has 1 aromatic heterocycles. The van der Waals surface area contributed by atoms with Gasteiger partial charge in [-0.05, 0) is 49.2 Å². The summed E-state index contributed by atoms with van der Waals surface area (Å²) in [6.07, 6.45) is 1.87. The fraction of sp³-hybridized carbons (Fsp3) is 0.118. The second-order valence-corrected chi connectivity index (χ2v) is 6.37. The van der Waals surface area contributed by atoms with E-state index in [0.29, 0.717) is 5.02 Å². The van der Waals surface area contributed by atoms with Crippen LogP contribution in [0.2, 0.25) is 5.02 Å². The minimum absolute atomic E-state index is 0.705. The summed E-state index contributed by atoms with van der Waals surface area (Å²) in [7, 11) is 0. The Morgan fingerprint density at radius 2 is 1.76 bits per heavy atom. The van der Waals surface area contributed by atoms with E-state index < -0.39 is 0 Å². The molecule has 0 aliphatic heterocycles. The van der Waals surface area contributed by atoms with Crippen molar-refractivity contribution in [2.45, 2.75) is 13.8 Å². The van der Waals surface area contributed by atoms with E-state index in [4.69, 9.17) is 11.6 Å². The minimum atomic E-state index is 0.705. The molecule has 0 aliphatic rings. The van der Waals surface area contributed by atoms with Crippen LogP contribution in [0.1, 0.15) is 11.1 Å². The molecule has 21 heavy (non-hydrogen) atoms. The van der Waals surface area contributed by atoms with Crippen molar-refractivity contribution in [3.05, 3.63) is 69.3 Å². The molecular formula is C17H14BrClN2. The van der Waals surface area contributed by atoms with Crippen molar-refractivity contribution >= 4 is 27.5 Å². The fourth-order valence-electron chi connectivity index (χ4n) is 2.35. The van der Waals surface area contributed by atoms with Gasteiger partial charge in [-0.15, -0.1) is 0 Å². The fourth-order valence-corrected chi connectivity index (χ4v) is 2.93. The van der Waals surface area contributed by atoms with Crippen LogP contribution >= 0.6 is 27.5 Å². The van der Waals surface area contributed by atoms with E-state index in [-0.39, 0.29) is 0 Å². The van der Waals surface area contributed by atoms with Crippen LogP contribution in [-0.2, 0) is 0 Å². The predicted molar refractivity (Wildman–Crippen MR) is 91.2 cm³/mol. The van der Waals surface area contributed by atoms with Crippen molar-refractivity contribution in [1.82, 2.24) is 9.78 Å². The van der Waals surface area contributed by atoms with E-state index in [1.54, 1.807) is 0 Å². The highest BCUT2D eigenvalue weighted by atomic mass is 79.9. The van der Waals surface area contributed by atoms with Crippen LogP contribution in [0.3, 0.4) is 0 Å². The third kappa shape index (κ3) is 2.76. The Labute approximate surface area is 137 Å². The van der Waals surface area contributed by atoms with Crippen molar-refractivity contribution in [2.24, 2.45) is 0 Å². The Kier molecular flexibility index (Phi) is 3.87. The van der Waals surface area contributed by atoms with Gasteiger partial charge in [-0.25, -0.2) is 4.68 Å². The van der Waals surface area contributed by atoms with Gasteiger partial charge in [0.25, 0.3) is 0 Å². The number of benzene rings is 2. The predicted octanol–water partition coefficient (Wildman–Crippen LogP) is 5.57. The highest BCUT2D eigenvalue weighted by Gasteiger charge is 2.13. The first-order chi connectivity index (χ1) is 10.1. The summed E-state index contributed by atoms with van der Waals surface area (Å²) in [6, 6.07) is 14.2. The van der Waals surface area contributed by atoms with Crippen LogP contribution in [0, 0.1) is 13.8 Å². The van der Waals surface area contributed by atoms with Crippen molar-refractivity contribution in [1.29, 1.82) is 0 Å². The molecule has 0 atom stereocenters. The van der Waals surface area contributed by atoms with E-state index in [9.17, 15) is 0 Å². The maximum Gasteiger partial charge on any atom is 0.0839 e. The van der Waals surface area contributed by atoms with Crippen molar-refractivity contribution < 1.29 is 0 Å². The van der Waals surface area contributed by atoms with E-state index in [1.807, 2.05) is 48.1 Å². The van der Waals surface area contributed by atoms with Gasteiger partial charge in [0.15, 0.2) is 0 Å². The van der Waals surface area contributed by atoms with Gasteiger partial charge < -0.3 is 0 Å². The van der Waals surface area contributed by atoms with E-state index in [1.165, 1.54) is 0 Å². The average molecular weight is 362 g/mol. The molecule has 0 spiro atoms. The standard InChI is InChI=1S/C17H14BrClN2/c1-11-3-8-16(15(19)9-11)21-17(12(2)10-20-21)13-4-6-14(18)7-5-13/h3-10H,1-2H3. The highest BCUT2D eigenvalue weighted by Crippen LogP contribution is 2.30. The molecule has 3 rings (SSSR count). The Morgan fingerprint density at radius 3 is 2.43 bits per heavy atom. The van der Waals surface area contributed by atoms with Crippen LogP contribution in [0.15, 0.2) is 53.1 Å². The number of aromatic nitrogens is 2. The second-order valence-electron chi connectivity index (χ2n) is 5.05. The quantitative estimate of drug-likeness (QED) is 0.583. The molecule has 1 heterocycles. The van der Waals surface area contributed by atoms with E-state index in [2.05, 4.69) is 40.1 Å². The zero-order valence-electron chi connectivity index (χ0n) is 11.8. The molecule has 106 valence electrons. The molecule has 0 unspecified atom stereocenters. The van der Waals surface area contributed by atoms with Gasteiger partial charge in [0.2, 0.25) is 0 Å². The molecular weight excluding hydrogens is 348 g/mol. The molecule has 0 bridgehead atoms. The molecule has 0 saturated carbocycles. The molecule has 2 nitrogen and oxygen atoms in total. The van der Waals surface area contributed by atoms with Gasteiger partial charge in [0.1, 0.15) is 0 Å². The van der Waals surface area contributed by atoms with Gasteiger partial charge in [0, 0.05) is 10.0 Å². The summed E-state index contributed by atoms with van der Waals surface area (Å²) in [6.45, 7) is 4.09. The number of rotatable bonds is 2. The number of nitrogens with zero attached hydrogens (tertiary/aromatic N) is 2. The minimum Gasteiger partial charge on any atom is -0.231 e. The average Bonchev–Trinajstić information content (AvgIpc) is 2.82. The molecule has 0 fully saturated rings. The summed E-state index contributed by atoms with van der Waals surface area (Å²) >= 11 is 9.86. The largest absolute Gasteiger partial charge is 0.231 e. The molecule has 0 saturated heterocycles. The summed E-state index contributed by atoms with van der Waals surface area (Å²) in [4.78, 5) is 0. The smallest absolute Gasteiger partial charge is 0.0839 e. The number of hydrogen-bond donors (Lipinski definition) is 0. The van der Waals surface area contributed by atoms with E-state index >= 15 is 0 Å². The first-order valence-corrected chi connectivity index (χ1v) is 7.80. The lowest BCUT2D eigenvalue weighted by atomic mass is 10.1. The lowest BCUT2D eigenvalue weighted by molar-refractivity contribution is 0.887. The lowest BCUT2D eigenvalue weighted by Crippen LogP contribution is -2.00. The SMILES string of the molecule is Cc1ccc(-n2ncc(C)c2-c2ccc(Br)cc2)c(Cl)c1. The van der Waals surface area contributed by atoms with Gasteiger partial charge in [-0.1, -0.05) is 45.7 Å². The molecule has 3 aromatic rings. The normalized spacial score (nSPS) is 10.9. The molecule has 0 aliphatic carbocycles. The molecule has 0 N–H and O–H groups in total. The van der Waals surface area contributed by atoms with Crippen LogP contribution in [0.25, 0.3) is 16.9 Å². The Morgan fingerprint density at radius 1 is 1.05 bits per heavy atom. The summed E-state index contributed by atoms with van der Waals surface area (Å²) in [5.41, 5.74) is 5.33. The molecule has 2 aromatic carbocycles. The van der Waals surface area contributed by atoms with Crippen LogP contribution < -0.4 is 0 Å². The monoisotopic (exact) mass is 360 g/mol. The van der Waals surface area contributed by atoms with Gasteiger partial charge >= 0.3 is 0 Å². The topological polar surface area (TPSA) is 17.8 Å². The molecule has 0 radical (unpaired) electrons. The first-order valence-electron chi connectivity index (χ1n) is 6.63. The summed E-state index contributed by atoms with van der Waals surface area (Å²) < 4.78 is 2.96. The zero-order chi connectivity index (χ0) is 15.0. The number of hydrogen-bond acceptors (Lipinski definition) is 1. The molecule has 0 amide bonds. The highest BCUT2D eigenvalue weighted by molar-refractivity contribution is 9.10. The Bertz CT molecular complexity index is 791. The summed E-state index contributed by atoms with van der Waals surface area (Å²) in [5, 5.41) is 5.20. The molecule has 4 heteroatoms. The second kappa shape index (κ2) is 5.66. The maximum absolute atomic E-state index is 6.39. The third-order valence-corrected chi connectivity index (χ3v) is 4.23. The van der Waals surface area contributed by atoms with Crippen LogP contribution in [-0.4, -0.2) is 9.78 Å². The first kappa shape index (κ1) is 14.4. The number of halogens is 2. The van der Waals surface area contributed by atoms with Gasteiger partial charge in [0.05, 0.1) is 22.6 Å². The Balaban J connectivity index is 2.19. The van der Waals surface area contributed by atoms with Crippen molar-refractivity contribution in [3.63, 3.8) is 0 Å².